The molecule has 2 aromatic carbocycles. The molecule has 1 aromatic heterocycles. The minimum atomic E-state index is -0.299. The van der Waals surface area contributed by atoms with Gasteiger partial charge in [0.15, 0.2) is 0 Å². The highest BCUT2D eigenvalue weighted by molar-refractivity contribution is 5.94. The number of esters is 1. The molecule has 5 nitrogen and oxygen atoms in total. The summed E-state index contributed by atoms with van der Waals surface area (Å²) in [6.45, 7) is 7.71. The predicted molar refractivity (Wildman–Crippen MR) is 107 cm³/mol. The van der Waals surface area contributed by atoms with E-state index in [1.54, 1.807) is 0 Å². The number of rotatable bonds is 3. The number of anilines is 1. The van der Waals surface area contributed by atoms with Gasteiger partial charge in [-0.2, -0.15) is 0 Å². The number of aromatic nitrogens is 2. The molecule has 0 radical (unpaired) electrons. The monoisotopic (exact) mass is 361 g/mol. The number of nitrogens with zero attached hydrogens (tertiary/aromatic N) is 2. The number of hydrogen-bond acceptors (Lipinski definition) is 4. The van der Waals surface area contributed by atoms with Crippen LogP contribution >= 0.6 is 0 Å². The molecule has 0 amide bonds. The van der Waals surface area contributed by atoms with Gasteiger partial charge in [0.05, 0.1) is 28.8 Å². The van der Waals surface area contributed by atoms with Crippen LogP contribution in [0.1, 0.15) is 37.9 Å². The number of allylic oxidation sites excluding steroid dienone is 1. The zero-order valence-corrected chi connectivity index (χ0v) is 16.0. The smallest absolute Gasteiger partial charge is 0.338 e. The molecule has 5 heteroatoms. The third-order valence-corrected chi connectivity index (χ3v) is 4.88. The number of nitrogens with one attached hydrogen (secondary N) is 1. The van der Waals surface area contributed by atoms with Crippen LogP contribution in [-0.2, 0) is 9.53 Å². The Morgan fingerprint density at radius 3 is 2.56 bits per heavy atom. The predicted octanol–water partition coefficient (Wildman–Crippen LogP) is 4.59. The maximum Gasteiger partial charge on any atom is 0.338 e. The molecule has 138 valence electrons. The van der Waals surface area contributed by atoms with E-state index in [-0.39, 0.29) is 18.1 Å². The standard InChI is InChI=1S/C22H23N3O2/c1-13(2)27-21(26)19-15(4)23-22-24-17-11-7-8-12-18(17)25(22)20(19)16-10-6-5-9-14(16)3/h5-13,20H,1-4H3,(H,23,24). The molecule has 1 N–H and O–H groups in total. The number of aryl methyl sites for hydroxylation is 1. The fourth-order valence-electron chi connectivity index (χ4n) is 3.69. The van der Waals surface area contributed by atoms with Crippen molar-refractivity contribution in [3.05, 3.63) is 70.9 Å². The first kappa shape index (κ1) is 17.3. The lowest BCUT2D eigenvalue weighted by Gasteiger charge is -2.31. The van der Waals surface area contributed by atoms with E-state index in [2.05, 4.69) is 28.9 Å². The van der Waals surface area contributed by atoms with E-state index in [0.29, 0.717) is 5.57 Å². The topological polar surface area (TPSA) is 56.2 Å². The Balaban J connectivity index is 1.99. The lowest BCUT2D eigenvalue weighted by Crippen LogP contribution is -2.30. The average Bonchev–Trinajstić information content (AvgIpc) is 2.98. The zero-order chi connectivity index (χ0) is 19.1. The minimum Gasteiger partial charge on any atom is -0.459 e. The first-order valence-corrected chi connectivity index (χ1v) is 9.18. The molecule has 0 saturated heterocycles. The van der Waals surface area contributed by atoms with E-state index in [1.807, 2.05) is 57.2 Å². The van der Waals surface area contributed by atoms with Crippen molar-refractivity contribution < 1.29 is 9.53 Å². The van der Waals surface area contributed by atoms with Gasteiger partial charge in [-0.1, -0.05) is 36.4 Å². The Labute approximate surface area is 158 Å². The second-order valence-electron chi connectivity index (χ2n) is 7.17. The van der Waals surface area contributed by atoms with Crippen molar-refractivity contribution in [2.75, 3.05) is 5.32 Å². The molecule has 3 aromatic rings. The molecule has 4 rings (SSSR count). The first-order chi connectivity index (χ1) is 13.0. The molecule has 0 saturated carbocycles. The van der Waals surface area contributed by atoms with Crippen LogP contribution in [0.4, 0.5) is 5.95 Å². The fourth-order valence-corrected chi connectivity index (χ4v) is 3.69. The van der Waals surface area contributed by atoms with Crippen molar-refractivity contribution in [1.82, 2.24) is 9.55 Å². The lowest BCUT2D eigenvalue weighted by molar-refractivity contribution is -0.143. The van der Waals surface area contributed by atoms with Gasteiger partial charge in [-0.15, -0.1) is 0 Å². The normalized spacial score (nSPS) is 16.4. The number of imidazole rings is 1. The van der Waals surface area contributed by atoms with E-state index in [4.69, 9.17) is 9.72 Å². The highest BCUT2D eigenvalue weighted by Gasteiger charge is 2.35. The number of ether oxygens (including phenoxy) is 1. The molecular weight excluding hydrogens is 338 g/mol. The van der Waals surface area contributed by atoms with Crippen LogP contribution in [0.3, 0.4) is 0 Å². The van der Waals surface area contributed by atoms with Gasteiger partial charge in [0.1, 0.15) is 0 Å². The Morgan fingerprint density at radius 2 is 1.81 bits per heavy atom. The summed E-state index contributed by atoms with van der Waals surface area (Å²) in [6, 6.07) is 15.8. The van der Waals surface area contributed by atoms with Gasteiger partial charge in [-0.05, 0) is 51.0 Å². The second-order valence-corrected chi connectivity index (χ2v) is 7.17. The Kier molecular flexibility index (Phi) is 4.22. The molecular formula is C22H23N3O2. The number of benzene rings is 2. The number of para-hydroxylation sites is 2. The summed E-state index contributed by atoms with van der Waals surface area (Å²) in [5, 5.41) is 3.30. The van der Waals surface area contributed by atoms with Crippen molar-refractivity contribution in [2.45, 2.75) is 39.8 Å². The summed E-state index contributed by atoms with van der Waals surface area (Å²) in [5.41, 5.74) is 5.46. The Bertz CT molecular complexity index is 1060. The van der Waals surface area contributed by atoms with Crippen LogP contribution < -0.4 is 5.32 Å². The molecule has 1 aliphatic rings. The number of carbonyl (C=O) groups excluding carboxylic acids is 1. The molecule has 1 atom stereocenters. The molecule has 0 bridgehead atoms. The van der Waals surface area contributed by atoms with Gasteiger partial charge in [-0.3, -0.25) is 4.57 Å². The summed E-state index contributed by atoms with van der Waals surface area (Å²) in [5.74, 6) is 0.440. The van der Waals surface area contributed by atoms with E-state index in [1.165, 1.54) is 0 Å². The molecule has 0 fully saturated rings. The summed E-state index contributed by atoms with van der Waals surface area (Å²) in [4.78, 5) is 17.8. The van der Waals surface area contributed by atoms with Gasteiger partial charge in [0.2, 0.25) is 5.95 Å². The second kappa shape index (κ2) is 6.58. The number of fused-ring (bicyclic) bond motifs is 3. The quantitative estimate of drug-likeness (QED) is 0.694. The molecule has 1 aliphatic heterocycles. The van der Waals surface area contributed by atoms with Gasteiger partial charge in [-0.25, -0.2) is 9.78 Å². The Morgan fingerprint density at radius 1 is 1.11 bits per heavy atom. The summed E-state index contributed by atoms with van der Waals surface area (Å²) < 4.78 is 7.68. The van der Waals surface area contributed by atoms with E-state index < -0.39 is 0 Å². The third kappa shape index (κ3) is 2.89. The van der Waals surface area contributed by atoms with Crippen molar-refractivity contribution in [3.63, 3.8) is 0 Å². The third-order valence-electron chi connectivity index (χ3n) is 4.88. The summed E-state index contributed by atoms with van der Waals surface area (Å²) in [6.07, 6.45) is -0.184. The van der Waals surface area contributed by atoms with Gasteiger partial charge < -0.3 is 10.1 Å². The SMILES string of the molecule is CC1=C(C(=O)OC(C)C)C(c2ccccc2C)n2c(nc3ccccc32)N1. The first-order valence-electron chi connectivity index (χ1n) is 9.18. The lowest BCUT2D eigenvalue weighted by atomic mass is 9.92. The van der Waals surface area contributed by atoms with E-state index >= 15 is 0 Å². The Hall–Kier alpha value is -3.08. The highest BCUT2D eigenvalue weighted by atomic mass is 16.5. The fraction of sp³-hybridized carbons (Fsp3) is 0.273. The zero-order valence-electron chi connectivity index (χ0n) is 16.0. The van der Waals surface area contributed by atoms with Crippen LogP contribution in [0.5, 0.6) is 0 Å². The van der Waals surface area contributed by atoms with Crippen molar-refractivity contribution in [2.24, 2.45) is 0 Å². The highest BCUT2D eigenvalue weighted by Crippen LogP contribution is 2.40. The largest absolute Gasteiger partial charge is 0.459 e. The van der Waals surface area contributed by atoms with E-state index in [0.717, 1.165) is 33.8 Å². The van der Waals surface area contributed by atoms with Gasteiger partial charge in [0, 0.05) is 5.70 Å². The number of hydrogen-bond donors (Lipinski definition) is 1. The summed E-state index contributed by atoms with van der Waals surface area (Å²) >= 11 is 0. The van der Waals surface area contributed by atoms with E-state index in [9.17, 15) is 4.79 Å². The van der Waals surface area contributed by atoms with Crippen LogP contribution in [-0.4, -0.2) is 21.6 Å². The van der Waals surface area contributed by atoms with Crippen molar-refractivity contribution >= 4 is 23.0 Å². The molecule has 1 unspecified atom stereocenters. The molecule has 27 heavy (non-hydrogen) atoms. The maximum atomic E-state index is 13.0. The molecule has 0 spiro atoms. The van der Waals surface area contributed by atoms with Crippen LogP contribution in [0.25, 0.3) is 11.0 Å². The number of carbonyl (C=O) groups is 1. The molecule has 0 aliphatic carbocycles. The average molecular weight is 361 g/mol. The molecule has 2 heterocycles. The van der Waals surface area contributed by atoms with Gasteiger partial charge >= 0.3 is 5.97 Å². The van der Waals surface area contributed by atoms with Crippen LogP contribution in [0.15, 0.2) is 59.8 Å². The maximum absolute atomic E-state index is 13.0. The summed E-state index contributed by atoms with van der Waals surface area (Å²) in [7, 11) is 0. The van der Waals surface area contributed by atoms with Gasteiger partial charge in [0.25, 0.3) is 0 Å². The minimum absolute atomic E-state index is 0.184. The van der Waals surface area contributed by atoms with Crippen molar-refractivity contribution in [3.8, 4) is 0 Å². The van der Waals surface area contributed by atoms with Crippen molar-refractivity contribution in [1.29, 1.82) is 0 Å². The van der Waals surface area contributed by atoms with Crippen LogP contribution in [0, 0.1) is 6.92 Å². The van der Waals surface area contributed by atoms with Crippen LogP contribution in [0.2, 0.25) is 0 Å².